The number of rotatable bonds is 5. The van der Waals surface area contributed by atoms with Crippen molar-refractivity contribution in [3.05, 3.63) is 70.7 Å². The van der Waals surface area contributed by atoms with Crippen LogP contribution in [0, 0.1) is 0 Å². The number of carbonyl (C=O) groups excluding carboxylic acids is 1. The maximum Gasteiger partial charge on any atom is 0.305 e. The number of hydrogen-bond acceptors (Lipinski definition) is 2. The van der Waals surface area contributed by atoms with Crippen LogP contribution in [0.1, 0.15) is 28.4 Å². The van der Waals surface area contributed by atoms with Gasteiger partial charge < -0.3 is 10.4 Å². The Morgan fingerprint density at radius 1 is 1.05 bits per heavy atom. The Hall–Kier alpha value is -2.33. The van der Waals surface area contributed by atoms with Crippen LogP contribution in [0.3, 0.4) is 0 Å². The number of halogens is 1. The van der Waals surface area contributed by atoms with Crippen molar-refractivity contribution in [3.8, 4) is 0 Å². The van der Waals surface area contributed by atoms with Crippen molar-refractivity contribution in [1.82, 2.24) is 5.32 Å². The molecule has 5 heteroatoms. The molecule has 0 spiro atoms. The summed E-state index contributed by atoms with van der Waals surface area (Å²) in [5, 5.41) is 12.2. The fourth-order valence-corrected chi connectivity index (χ4v) is 2.27. The number of hydrogen-bond donors (Lipinski definition) is 2. The Morgan fingerprint density at radius 3 is 2.29 bits per heavy atom. The second-order valence-corrected chi connectivity index (χ2v) is 4.92. The quantitative estimate of drug-likeness (QED) is 0.890. The number of aliphatic carboxylic acids is 1. The lowest BCUT2D eigenvalue weighted by atomic mass is 10.0. The summed E-state index contributed by atoms with van der Waals surface area (Å²) in [6.45, 7) is 0. The average molecular weight is 304 g/mol. The van der Waals surface area contributed by atoms with Crippen LogP contribution in [0.15, 0.2) is 54.6 Å². The lowest BCUT2D eigenvalue weighted by Gasteiger charge is -2.18. The van der Waals surface area contributed by atoms with E-state index in [1.54, 1.807) is 54.6 Å². The van der Waals surface area contributed by atoms with Crippen molar-refractivity contribution in [1.29, 1.82) is 0 Å². The Bertz CT molecular complexity index is 643. The maximum atomic E-state index is 12.2. The third kappa shape index (κ3) is 4.07. The lowest BCUT2D eigenvalue weighted by Crippen LogP contribution is -2.30. The Balaban J connectivity index is 2.23. The summed E-state index contributed by atoms with van der Waals surface area (Å²) in [7, 11) is 0. The molecule has 2 aromatic rings. The van der Waals surface area contributed by atoms with Gasteiger partial charge >= 0.3 is 5.97 Å². The molecule has 108 valence electrons. The van der Waals surface area contributed by atoms with Crippen molar-refractivity contribution in [2.24, 2.45) is 0 Å². The molecule has 0 fully saturated rings. The van der Waals surface area contributed by atoms with Gasteiger partial charge in [-0.2, -0.15) is 0 Å². The van der Waals surface area contributed by atoms with Gasteiger partial charge in [-0.1, -0.05) is 48.0 Å². The minimum Gasteiger partial charge on any atom is -0.481 e. The van der Waals surface area contributed by atoms with Crippen molar-refractivity contribution < 1.29 is 14.7 Å². The van der Waals surface area contributed by atoms with Crippen LogP contribution >= 0.6 is 11.6 Å². The predicted octanol–water partition coefficient (Wildman–Crippen LogP) is 3.29. The molecular formula is C16H14ClNO3. The summed E-state index contributed by atoms with van der Waals surface area (Å²) in [4.78, 5) is 23.2. The van der Waals surface area contributed by atoms with Crippen LogP contribution < -0.4 is 5.32 Å². The smallest absolute Gasteiger partial charge is 0.305 e. The zero-order valence-electron chi connectivity index (χ0n) is 11.1. The number of carboxylic acids is 1. The molecule has 0 heterocycles. The van der Waals surface area contributed by atoms with E-state index in [0.29, 0.717) is 16.1 Å². The molecule has 1 amide bonds. The van der Waals surface area contributed by atoms with Gasteiger partial charge in [-0.15, -0.1) is 0 Å². The third-order valence-electron chi connectivity index (χ3n) is 3.00. The first kappa shape index (κ1) is 15.1. The van der Waals surface area contributed by atoms with Gasteiger partial charge in [-0.25, -0.2) is 0 Å². The zero-order valence-corrected chi connectivity index (χ0v) is 11.9. The summed E-state index contributed by atoms with van der Waals surface area (Å²) < 4.78 is 0. The highest BCUT2D eigenvalue weighted by atomic mass is 35.5. The molecule has 2 aromatic carbocycles. The van der Waals surface area contributed by atoms with Crippen LogP contribution in [-0.4, -0.2) is 17.0 Å². The van der Waals surface area contributed by atoms with E-state index in [1.807, 2.05) is 0 Å². The number of carboxylic acid groups (broad SMARTS) is 1. The molecule has 0 aliphatic heterocycles. The van der Waals surface area contributed by atoms with Gasteiger partial charge in [0.15, 0.2) is 0 Å². The van der Waals surface area contributed by atoms with Gasteiger partial charge in [-0.05, 0) is 23.8 Å². The van der Waals surface area contributed by atoms with Crippen LogP contribution in [0.4, 0.5) is 0 Å². The van der Waals surface area contributed by atoms with E-state index in [1.165, 1.54) is 0 Å². The Labute approximate surface area is 127 Å². The first-order valence-corrected chi connectivity index (χ1v) is 6.78. The summed E-state index contributed by atoms with van der Waals surface area (Å²) in [6.07, 6.45) is -0.234. The van der Waals surface area contributed by atoms with Crippen molar-refractivity contribution in [2.75, 3.05) is 0 Å². The fraction of sp³-hybridized carbons (Fsp3) is 0.125. The zero-order chi connectivity index (χ0) is 15.2. The molecule has 0 radical (unpaired) electrons. The van der Waals surface area contributed by atoms with Crippen LogP contribution in [0.2, 0.25) is 5.02 Å². The molecule has 0 aromatic heterocycles. The summed E-state index contributed by atoms with van der Waals surface area (Å²) >= 11 is 6.09. The third-order valence-corrected chi connectivity index (χ3v) is 3.34. The molecule has 0 aliphatic rings. The first-order valence-electron chi connectivity index (χ1n) is 6.40. The maximum absolute atomic E-state index is 12.2. The Kier molecular flexibility index (Phi) is 4.95. The van der Waals surface area contributed by atoms with Gasteiger partial charge in [0, 0.05) is 10.6 Å². The molecule has 1 atom stereocenters. The van der Waals surface area contributed by atoms with E-state index in [9.17, 15) is 9.59 Å². The molecule has 21 heavy (non-hydrogen) atoms. The van der Waals surface area contributed by atoms with Gasteiger partial charge in [0.2, 0.25) is 0 Å². The minimum absolute atomic E-state index is 0.234. The van der Waals surface area contributed by atoms with Gasteiger partial charge in [-0.3, -0.25) is 9.59 Å². The number of nitrogens with one attached hydrogen (secondary N) is 1. The van der Waals surface area contributed by atoms with Gasteiger partial charge in [0.1, 0.15) is 0 Å². The molecule has 0 bridgehead atoms. The van der Waals surface area contributed by atoms with E-state index in [0.717, 1.165) is 0 Å². The highest BCUT2D eigenvalue weighted by molar-refractivity contribution is 6.31. The molecule has 0 saturated carbocycles. The highest BCUT2D eigenvalue weighted by Gasteiger charge is 2.20. The standard InChI is InChI=1S/C16H14ClNO3/c17-13-9-5-4-8-12(13)14(10-15(19)20)18-16(21)11-6-2-1-3-7-11/h1-9,14H,10H2,(H,18,21)(H,19,20). The molecule has 1 unspecified atom stereocenters. The van der Waals surface area contributed by atoms with Crippen LogP contribution in [0.25, 0.3) is 0 Å². The van der Waals surface area contributed by atoms with Crippen molar-refractivity contribution in [2.45, 2.75) is 12.5 Å². The van der Waals surface area contributed by atoms with E-state index >= 15 is 0 Å². The summed E-state index contributed by atoms with van der Waals surface area (Å²) in [5.41, 5.74) is 1.06. The SMILES string of the molecule is O=C(O)CC(NC(=O)c1ccccc1)c1ccccc1Cl. The molecule has 2 N–H and O–H groups in total. The normalized spacial score (nSPS) is 11.7. The fourth-order valence-electron chi connectivity index (χ4n) is 2.00. The summed E-state index contributed by atoms with van der Waals surface area (Å²) in [6, 6.07) is 14.8. The molecule has 2 rings (SSSR count). The monoisotopic (exact) mass is 303 g/mol. The van der Waals surface area contributed by atoms with E-state index < -0.39 is 12.0 Å². The van der Waals surface area contributed by atoms with Gasteiger partial charge in [0.25, 0.3) is 5.91 Å². The largest absolute Gasteiger partial charge is 0.481 e. The lowest BCUT2D eigenvalue weighted by molar-refractivity contribution is -0.137. The van der Waals surface area contributed by atoms with Crippen molar-refractivity contribution >= 4 is 23.5 Å². The Morgan fingerprint density at radius 2 is 1.67 bits per heavy atom. The topological polar surface area (TPSA) is 66.4 Å². The van der Waals surface area contributed by atoms with E-state index in [4.69, 9.17) is 16.7 Å². The first-order chi connectivity index (χ1) is 10.1. The average Bonchev–Trinajstić information content (AvgIpc) is 2.47. The molecule has 0 saturated heterocycles. The molecular weight excluding hydrogens is 290 g/mol. The molecule has 4 nitrogen and oxygen atoms in total. The van der Waals surface area contributed by atoms with Crippen molar-refractivity contribution in [3.63, 3.8) is 0 Å². The number of amides is 1. The number of carbonyl (C=O) groups is 2. The predicted molar refractivity (Wildman–Crippen MR) is 80.4 cm³/mol. The van der Waals surface area contributed by atoms with E-state index in [2.05, 4.69) is 5.32 Å². The van der Waals surface area contributed by atoms with E-state index in [-0.39, 0.29) is 12.3 Å². The minimum atomic E-state index is -1.01. The second kappa shape index (κ2) is 6.90. The molecule has 0 aliphatic carbocycles. The van der Waals surface area contributed by atoms with Crippen LogP contribution in [0.5, 0.6) is 0 Å². The number of benzene rings is 2. The summed E-state index contributed by atoms with van der Waals surface area (Å²) in [5.74, 6) is -1.34. The highest BCUT2D eigenvalue weighted by Crippen LogP contribution is 2.25. The second-order valence-electron chi connectivity index (χ2n) is 4.51. The van der Waals surface area contributed by atoms with Crippen LogP contribution in [-0.2, 0) is 4.79 Å². The van der Waals surface area contributed by atoms with Gasteiger partial charge in [0.05, 0.1) is 12.5 Å².